The van der Waals surface area contributed by atoms with E-state index >= 15 is 0 Å². The number of rotatable bonds is 5. The number of carboxylic acids is 1. The van der Waals surface area contributed by atoms with Gasteiger partial charge in [-0.25, -0.2) is 4.39 Å². The Balaban J connectivity index is 3.05. The first-order valence-electron chi connectivity index (χ1n) is 5.39. The first-order valence-corrected chi connectivity index (χ1v) is 6.18. The second-order valence-electron chi connectivity index (χ2n) is 3.91. The van der Waals surface area contributed by atoms with Crippen molar-refractivity contribution in [2.24, 2.45) is 0 Å². The van der Waals surface area contributed by atoms with Gasteiger partial charge in [0.15, 0.2) is 0 Å². The molecular weight excluding hydrogens is 289 g/mol. The summed E-state index contributed by atoms with van der Waals surface area (Å²) < 4.78 is 14.3. The molecule has 1 rings (SSSR count). The van der Waals surface area contributed by atoms with Crippen LogP contribution < -0.4 is 5.32 Å². The van der Waals surface area contributed by atoms with Crippen LogP contribution in [0.25, 0.3) is 0 Å². The lowest BCUT2D eigenvalue weighted by Crippen LogP contribution is -2.35. The summed E-state index contributed by atoms with van der Waals surface area (Å²) in [6.07, 6.45) is 0.777. The van der Waals surface area contributed by atoms with E-state index < -0.39 is 17.8 Å². The van der Waals surface area contributed by atoms with Crippen molar-refractivity contribution in [1.29, 1.82) is 0 Å². The summed E-state index contributed by atoms with van der Waals surface area (Å²) in [6, 6.07) is 3.27. The first kappa shape index (κ1) is 14.1. The summed E-state index contributed by atoms with van der Waals surface area (Å²) >= 11 is 3.21. The van der Waals surface area contributed by atoms with E-state index in [0.29, 0.717) is 4.47 Å². The molecule has 5 heteroatoms. The van der Waals surface area contributed by atoms with Gasteiger partial charge >= 0.3 is 5.97 Å². The molecule has 0 aliphatic heterocycles. The zero-order valence-electron chi connectivity index (χ0n) is 9.71. The van der Waals surface area contributed by atoms with Gasteiger partial charge in [0, 0.05) is 16.1 Å². The molecule has 0 amide bonds. The van der Waals surface area contributed by atoms with Crippen LogP contribution in [0.2, 0.25) is 0 Å². The van der Waals surface area contributed by atoms with Crippen LogP contribution in [0, 0.1) is 5.82 Å². The number of halogens is 2. The zero-order chi connectivity index (χ0) is 13.0. The lowest BCUT2D eigenvalue weighted by molar-refractivity contribution is -0.140. The summed E-state index contributed by atoms with van der Waals surface area (Å²) in [7, 11) is 0. The van der Waals surface area contributed by atoms with Crippen molar-refractivity contribution >= 4 is 21.9 Å². The molecule has 0 aliphatic rings. The van der Waals surface area contributed by atoms with Crippen LogP contribution in [0.3, 0.4) is 0 Å². The molecule has 3 nitrogen and oxygen atoms in total. The predicted octanol–water partition coefficient (Wildman–Crippen LogP) is 3.10. The Kier molecular flexibility index (Phi) is 5.08. The normalized spacial score (nSPS) is 14.4. The number of carboxylic acid groups (broad SMARTS) is 1. The number of benzene rings is 1. The molecule has 1 aromatic rings. The standard InChI is InChI=1S/C12H15BrFNO2/c1-3-7(2)15-11(12(16)17)9-6-8(13)4-5-10(9)14/h4-7,11,15H,3H2,1-2H3,(H,16,17). The van der Waals surface area contributed by atoms with Crippen LogP contribution in [0.4, 0.5) is 4.39 Å². The van der Waals surface area contributed by atoms with Crippen molar-refractivity contribution < 1.29 is 14.3 Å². The van der Waals surface area contributed by atoms with Gasteiger partial charge in [-0.2, -0.15) is 0 Å². The SMILES string of the molecule is CCC(C)NC(C(=O)O)c1cc(Br)ccc1F. The second-order valence-corrected chi connectivity index (χ2v) is 4.83. The third-order valence-electron chi connectivity index (χ3n) is 2.58. The van der Waals surface area contributed by atoms with Crippen LogP contribution in [0.1, 0.15) is 31.9 Å². The van der Waals surface area contributed by atoms with Crippen LogP contribution in [0.15, 0.2) is 22.7 Å². The molecule has 2 N–H and O–H groups in total. The largest absolute Gasteiger partial charge is 0.480 e. The topological polar surface area (TPSA) is 49.3 Å². The van der Waals surface area contributed by atoms with Gasteiger partial charge in [-0.3, -0.25) is 10.1 Å². The van der Waals surface area contributed by atoms with E-state index in [1.54, 1.807) is 6.07 Å². The second kappa shape index (κ2) is 6.12. The van der Waals surface area contributed by atoms with Gasteiger partial charge in [0.2, 0.25) is 0 Å². The van der Waals surface area contributed by atoms with E-state index in [1.165, 1.54) is 12.1 Å². The number of nitrogens with one attached hydrogen (secondary N) is 1. The molecule has 0 bridgehead atoms. The van der Waals surface area contributed by atoms with E-state index in [0.717, 1.165) is 6.42 Å². The number of carbonyl (C=O) groups is 1. The molecule has 0 spiro atoms. The van der Waals surface area contributed by atoms with Crippen LogP contribution in [0.5, 0.6) is 0 Å². The van der Waals surface area contributed by atoms with Gasteiger partial charge in [-0.1, -0.05) is 22.9 Å². The minimum atomic E-state index is -1.08. The lowest BCUT2D eigenvalue weighted by atomic mass is 10.0. The van der Waals surface area contributed by atoms with Gasteiger partial charge in [0.25, 0.3) is 0 Å². The van der Waals surface area contributed by atoms with Crippen LogP contribution in [-0.4, -0.2) is 17.1 Å². The fourth-order valence-corrected chi connectivity index (χ4v) is 1.81. The smallest absolute Gasteiger partial charge is 0.325 e. The molecule has 17 heavy (non-hydrogen) atoms. The van der Waals surface area contributed by atoms with Gasteiger partial charge in [-0.15, -0.1) is 0 Å². The fourth-order valence-electron chi connectivity index (χ4n) is 1.43. The average Bonchev–Trinajstić information content (AvgIpc) is 2.28. The highest BCUT2D eigenvalue weighted by Gasteiger charge is 2.24. The van der Waals surface area contributed by atoms with Gasteiger partial charge in [-0.05, 0) is 31.5 Å². The minimum Gasteiger partial charge on any atom is -0.480 e. The Morgan fingerprint density at radius 3 is 2.76 bits per heavy atom. The van der Waals surface area contributed by atoms with Crippen molar-refractivity contribution in [3.8, 4) is 0 Å². The molecule has 0 radical (unpaired) electrons. The highest BCUT2D eigenvalue weighted by molar-refractivity contribution is 9.10. The highest BCUT2D eigenvalue weighted by Crippen LogP contribution is 2.22. The van der Waals surface area contributed by atoms with Crippen LogP contribution >= 0.6 is 15.9 Å². The molecule has 1 aromatic carbocycles. The maximum Gasteiger partial charge on any atom is 0.325 e. The van der Waals surface area contributed by atoms with E-state index in [9.17, 15) is 9.18 Å². The molecular formula is C12H15BrFNO2. The summed E-state index contributed by atoms with van der Waals surface area (Å²) in [6.45, 7) is 3.81. The third kappa shape index (κ3) is 3.78. The van der Waals surface area contributed by atoms with Crippen molar-refractivity contribution in [2.45, 2.75) is 32.4 Å². The zero-order valence-corrected chi connectivity index (χ0v) is 11.3. The van der Waals surface area contributed by atoms with Gasteiger partial charge in [0.05, 0.1) is 0 Å². The Morgan fingerprint density at radius 2 is 2.24 bits per heavy atom. The molecule has 0 heterocycles. The van der Waals surface area contributed by atoms with E-state index in [2.05, 4.69) is 21.2 Å². The maximum absolute atomic E-state index is 13.6. The van der Waals surface area contributed by atoms with Crippen molar-refractivity contribution in [1.82, 2.24) is 5.32 Å². The molecule has 0 saturated heterocycles. The molecule has 0 saturated carbocycles. The van der Waals surface area contributed by atoms with Crippen molar-refractivity contribution in [2.75, 3.05) is 0 Å². The fraction of sp³-hybridized carbons (Fsp3) is 0.417. The number of aliphatic carboxylic acids is 1. The summed E-state index contributed by atoms with van der Waals surface area (Å²) in [5.74, 6) is -1.60. The lowest BCUT2D eigenvalue weighted by Gasteiger charge is -2.20. The molecule has 2 atom stereocenters. The first-order chi connectivity index (χ1) is 7.95. The Labute approximate surface area is 108 Å². The van der Waals surface area contributed by atoms with Crippen molar-refractivity contribution in [3.63, 3.8) is 0 Å². The Morgan fingerprint density at radius 1 is 1.59 bits per heavy atom. The molecule has 0 fully saturated rings. The number of hydrogen-bond acceptors (Lipinski definition) is 2. The third-order valence-corrected chi connectivity index (χ3v) is 3.07. The summed E-state index contributed by atoms with van der Waals surface area (Å²) in [4.78, 5) is 11.2. The molecule has 0 aromatic heterocycles. The maximum atomic E-state index is 13.6. The predicted molar refractivity (Wildman–Crippen MR) is 67.4 cm³/mol. The Hall–Kier alpha value is -0.940. The summed E-state index contributed by atoms with van der Waals surface area (Å²) in [5, 5.41) is 12.0. The quantitative estimate of drug-likeness (QED) is 0.879. The van der Waals surface area contributed by atoms with E-state index in [4.69, 9.17) is 5.11 Å². The molecule has 2 unspecified atom stereocenters. The van der Waals surface area contributed by atoms with Gasteiger partial charge < -0.3 is 5.11 Å². The van der Waals surface area contributed by atoms with Crippen LogP contribution in [-0.2, 0) is 4.79 Å². The average molecular weight is 304 g/mol. The Bertz CT molecular complexity index is 411. The summed E-state index contributed by atoms with van der Waals surface area (Å²) in [5.41, 5.74) is 0.146. The monoisotopic (exact) mass is 303 g/mol. The van der Waals surface area contributed by atoms with E-state index in [1.807, 2.05) is 13.8 Å². The number of hydrogen-bond donors (Lipinski definition) is 2. The molecule has 94 valence electrons. The minimum absolute atomic E-state index is 0.00878. The highest BCUT2D eigenvalue weighted by atomic mass is 79.9. The van der Waals surface area contributed by atoms with E-state index in [-0.39, 0.29) is 11.6 Å². The van der Waals surface area contributed by atoms with Gasteiger partial charge in [0.1, 0.15) is 11.9 Å². The van der Waals surface area contributed by atoms with Crippen molar-refractivity contribution in [3.05, 3.63) is 34.1 Å². The molecule has 0 aliphatic carbocycles.